The first kappa shape index (κ1) is 15.8. The minimum Gasteiger partial charge on any atom is -0.480 e. The third-order valence-electron chi connectivity index (χ3n) is 1.82. The van der Waals surface area contributed by atoms with E-state index in [1.807, 2.05) is 0 Å². The summed E-state index contributed by atoms with van der Waals surface area (Å²) in [5.41, 5.74) is 0. The fourth-order valence-electron chi connectivity index (χ4n) is 0.950. The first-order valence-corrected chi connectivity index (χ1v) is 6.38. The number of carbonyl (C=O) groups excluding carboxylic acids is 1. The van der Waals surface area contributed by atoms with E-state index in [2.05, 4.69) is 4.74 Å². The van der Waals surface area contributed by atoms with Crippen molar-refractivity contribution in [2.75, 3.05) is 19.5 Å². The van der Waals surface area contributed by atoms with E-state index in [0.29, 0.717) is 0 Å². The Hall–Kier alpha value is -1.19. The van der Waals surface area contributed by atoms with E-state index >= 15 is 0 Å². The Morgan fingerprint density at radius 3 is 2.41 bits per heavy atom. The standard InChI is InChI=1S/C8H15NO7S/c1-16-7(11)3-2-4-17(14,15)9-6(5-10)8(12)13/h6,9-10H,2-5H2,1H3,(H,12,13)/t6-/m1/s1. The molecule has 0 aliphatic heterocycles. The van der Waals surface area contributed by atoms with Crippen LogP contribution in [0.3, 0.4) is 0 Å². The van der Waals surface area contributed by atoms with Crippen LogP contribution in [0.1, 0.15) is 12.8 Å². The molecule has 0 unspecified atom stereocenters. The number of nitrogens with one attached hydrogen (secondary N) is 1. The number of ether oxygens (including phenoxy) is 1. The van der Waals surface area contributed by atoms with E-state index in [4.69, 9.17) is 10.2 Å². The zero-order chi connectivity index (χ0) is 13.5. The van der Waals surface area contributed by atoms with E-state index < -0.39 is 40.4 Å². The molecule has 0 saturated carbocycles. The summed E-state index contributed by atoms with van der Waals surface area (Å²) in [6.45, 7) is -0.842. The predicted octanol–water partition coefficient (Wildman–Crippen LogP) is -1.70. The van der Waals surface area contributed by atoms with Crippen molar-refractivity contribution in [2.24, 2.45) is 0 Å². The summed E-state index contributed by atoms with van der Waals surface area (Å²) in [5, 5.41) is 17.2. The number of esters is 1. The average molecular weight is 269 g/mol. The average Bonchev–Trinajstić information content (AvgIpc) is 2.25. The van der Waals surface area contributed by atoms with Crippen LogP contribution in [0, 0.1) is 0 Å². The van der Waals surface area contributed by atoms with Gasteiger partial charge in [0.25, 0.3) is 0 Å². The zero-order valence-electron chi connectivity index (χ0n) is 9.25. The van der Waals surface area contributed by atoms with Gasteiger partial charge in [-0.05, 0) is 6.42 Å². The van der Waals surface area contributed by atoms with Crippen LogP contribution >= 0.6 is 0 Å². The monoisotopic (exact) mass is 269 g/mol. The number of methoxy groups -OCH3 is 1. The van der Waals surface area contributed by atoms with Crippen molar-refractivity contribution in [3.8, 4) is 0 Å². The topological polar surface area (TPSA) is 130 Å². The Kier molecular flexibility index (Phi) is 6.69. The SMILES string of the molecule is COC(=O)CCCS(=O)(=O)N[C@H](CO)C(=O)O. The molecule has 0 aliphatic carbocycles. The first-order chi connectivity index (χ1) is 7.82. The summed E-state index contributed by atoms with van der Waals surface area (Å²) in [5.74, 6) is -2.42. The van der Waals surface area contributed by atoms with E-state index in [1.165, 1.54) is 7.11 Å². The number of carboxylic acid groups (broad SMARTS) is 1. The van der Waals surface area contributed by atoms with Gasteiger partial charge in [0, 0.05) is 6.42 Å². The van der Waals surface area contributed by atoms with Gasteiger partial charge in [-0.1, -0.05) is 0 Å². The number of aliphatic hydroxyl groups excluding tert-OH is 1. The summed E-state index contributed by atoms with van der Waals surface area (Å²) >= 11 is 0. The fourth-order valence-corrected chi connectivity index (χ4v) is 2.20. The largest absolute Gasteiger partial charge is 0.480 e. The normalized spacial score (nSPS) is 13.1. The number of carboxylic acids is 1. The fraction of sp³-hybridized carbons (Fsp3) is 0.750. The van der Waals surface area contributed by atoms with Crippen molar-refractivity contribution in [1.82, 2.24) is 4.72 Å². The van der Waals surface area contributed by atoms with Gasteiger partial charge in [-0.3, -0.25) is 9.59 Å². The second kappa shape index (κ2) is 7.20. The summed E-state index contributed by atoms with van der Waals surface area (Å²) in [6.07, 6.45) is -0.0615. The van der Waals surface area contributed by atoms with Crippen LogP contribution in [-0.4, -0.2) is 56.1 Å². The lowest BCUT2D eigenvalue weighted by atomic mass is 10.3. The number of rotatable bonds is 8. The Bertz CT molecular complexity index is 364. The van der Waals surface area contributed by atoms with Crippen molar-refractivity contribution in [1.29, 1.82) is 0 Å². The van der Waals surface area contributed by atoms with Crippen molar-refractivity contribution in [3.05, 3.63) is 0 Å². The van der Waals surface area contributed by atoms with Crippen LogP contribution < -0.4 is 4.72 Å². The minimum absolute atomic E-state index is 0.0137. The lowest BCUT2D eigenvalue weighted by Crippen LogP contribution is -2.44. The maximum atomic E-state index is 11.3. The highest BCUT2D eigenvalue weighted by Gasteiger charge is 2.22. The molecule has 0 spiro atoms. The number of aliphatic hydroxyl groups is 1. The second-order valence-electron chi connectivity index (χ2n) is 3.19. The first-order valence-electron chi connectivity index (χ1n) is 4.73. The quantitative estimate of drug-likeness (QED) is 0.448. The molecule has 0 amide bonds. The third kappa shape index (κ3) is 6.87. The molecular weight excluding hydrogens is 254 g/mol. The lowest BCUT2D eigenvalue weighted by molar-refractivity contribution is -0.141. The van der Waals surface area contributed by atoms with Crippen molar-refractivity contribution >= 4 is 22.0 Å². The van der Waals surface area contributed by atoms with Crippen molar-refractivity contribution in [2.45, 2.75) is 18.9 Å². The Morgan fingerprint density at radius 2 is 2.00 bits per heavy atom. The van der Waals surface area contributed by atoms with E-state index in [9.17, 15) is 18.0 Å². The highest BCUT2D eigenvalue weighted by molar-refractivity contribution is 7.89. The number of carbonyl (C=O) groups is 2. The maximum absolute atomic E-state index is 11.3. The van der Waals surface area contributed by atoms with Gasteiger partial charge in [0.1, 0.15) is 6.04 Å². The smallest absolute Gasteiger partial charge is 0.324 e. The van der Waals surface area contributed by atoms with Crippen LogP contribution in [0.4, 0.5) is 0 Å². The Morgan fingerprint density at radius 1 is 1.41 bits per heavy atom. The van der Waals surface area contributed by atoms with E-state index in [-0.39, 0.29) is 12.8 Å². The van der Waals surface area contributed by atoms with Crippen LogP contribution in [0.5, 0.6) is 0 Å². The molecule has 9 heteroatoms. The van der Waals surface area contributed by atoms with Gasteiger partial charge in [-0.2, -0.15) is 4.72 Å². The molecule has 0 rings (SSSR count). The van der Waals surface area contributed by atoms with Crippen molar-refractivity contribution < 1.29 is 33.0 Å². The third-order valence-corrected chi connectivity index (χ3v) is 3.29. The molecule has 0 heterocycles. The van der Waals surface area contributed by atoms with Gasteiger partial charge in [-0.25, -0.2) is 8.42 Å². The molecule has 100 valence electrons. The number of aliphatic carboxylic acids is 1. The van der Waals surface area contributed by atoms with Crippen molar-refractivity contribution in [3.63, 3.8) is 0 Å². The number of sulfonamides is 1. The molecule has 8 nitrogen and oxygen atoms in total. The van der Waals surface area contributed by atoms with Gasteiger partial charge >= 0.3 is 11.9 Å². The van der Waals surface area contributed by atoms with Gasteiger partial charge < -0.3 is 14.9 Å². The highest BCUT2D eigenvalue weighted by Crippen LogP contribution is 1.98. The maximum Gasteiger partial charge on any atom is 0.324 e. The highest BCUT2D eigenvalue weighted by atomic mass is 32.2. The Labute approximate surface area is 98.6 Å². The second-order valence-corrected chi connectivity index (χ2v) is 5.06. The Balaban J connectivity index is 4.20. The lowest BCUT2D eigenvalue weighted by Gasteiger charge is -2.11. The van der Waals surface area contributed by atoms with Gasteiger partial charge in [0.15, 0.2) is 0 Å². The summed E-state index contributed by atoms with van der Waals surface area (Å²) in [4.78, 5) is 21.2. The number of hydrogen-bond donors (Lipinski definition) is 3. The number of hydrogen-bond acceptors (Lipinski definition) is 6. The molecule has 0 aromatic rings. The molecule has 3 N–H and O–H groups in total. The van der Waals surface area contributed by atoms with Gasteiger partial charge in [0.2, 0.25) is 10.0 Å². The van der Waals surface area contributed by atoms with E-state index in [0.717, 1.165) is 0 Å². The molecule has 0 radical (unpaired) electrons. The van der Waals surface area contributed by atoms with Crippen LogP contribution in [0.15, 0.2) is 0 Å². The minimum atomic E-state index is -3.84. The molecular formula is C8H15NO7S. The molecule has 0 aromatic carbocycles. The van der Waals surface area contributed by atoms with Crippen LogP contribution in [0.25, 0.3) is 0 Å². The summed E-state index contributed by atoms with van der Waals surface area (Å²) < 4.78 is 28.8. The summed E-state index contributed by atoms with van der Waals surface area (Å²) in [6, 6.07) is -1.57. The van der Waals surface area contributed by atoms with Crippen LogP contribution in [0.2, 0.25) is 0 Å². The van der Waals surface area contributed by atoms with E-state index in [1.54, 1.807) is 4.72 Å². The van der Waals surface area contributed by atoms with Gasteiger partial charge in [-0.15, -0.1) is 0 Å². The predicted molar refractivity (Wildman–Crippen MR) is 56.7 cm³/mol. The molecule has 0 bridgehead atoms. The molecule has 17 heavy (non-hydrogen) atoms. The van der Waals surface area contributed by atoms with Crippen LogP contribution in [-0.2, 0) is 24.3 Å². The molecule has 0 fully saturated rings. The summed E-state index contributed by atoms with van der Waals surface area (Å²) in [7, 11) is -2.66. The molecule has 0 aliphatic rings. The molecule has 0 saturated heterocycles. The molecule has 0 aromatic heterocycles. The van der Waals surface area contributed by atoms with Gasteiger partial charge in [0.05, 0.1) is 19.5 Å². The molecule has 1 atom stereocenters. The zero-order valence-corrected chi connectivity index (χ0v) is 10.1.